The molecule has 1 saturated heterocycles. The number of carbonyl (C=O) groups excluding carboxylic acids is 1. The van der Waals surface area contributed by atoms with Gasteiger partial charge in [0.2, 0.25) is 5.95 Å². The number of anilines is 1. The van der Waals surface area contributed by atoms with Gasteiger partial charge in [-0.3, -0.25) is 9.78 Å². The highest BCUT2D eigenvalue weighted by molar-refractivity contribution is 5.90. The molecule has 140 valence electrons. The van der Waals surface area contributed by atoms with Gasteiger partial charge < -0.3 is 4.90 Å². The standard InChI is InChI=1S/C18H16F3N5O/c19-18(20,21)13-2-3-15(25-11-13)14(10-22)16(27)12-4-8-26(9-5-12)17-23-6-1-7-24-17/h1-3,6-7,11-12,14H,4-5,8-9H2. The maximum Gasteiger partial charge on any atom is 0.417 e. The van der Waals surface area contributed by atoms with E-state index in [-0.39, 0.29) is 17.4 Å². The first-order chi connectivity index (χ1) is 12.9. The molecule has 0 spiro atoms. The Morgan fingerprint density at radius 2 is 1.85 bits per heavy atom. The number of Topliss-reactive ketones (excluding diaryl/α,β-unsaturated/α-hetero) is 1. The predicted molar refractivity (Wildman–Crippen MR) is 89.6 cm³/mol. The van der Waals surface area contributed by atoms with E-state index in [1.165, 1.54) is 0 Å². The Labute approximate surface area is 153 Å². The summed E-state index contributed by atoms with van der Waals surface area (Å²) < 4.78 is 37.9. The van der Waals surface area contributed by atoms with Crippen molar-refractivity contribution < 1.29 is 18.0 Å². The number of alkyl halides is 3. The Bertz CT molecular complexity index is 825. The van der Waals surface area contributed by atoms with Gasteiger partial charge in [-0.25, -0.2) is 9.97 Å². The van der Waals surface area contributed by atoms with E-state index in [0.717, 1.165) is 12.1 Å². The summed E-state index contributed by atoms with van der Waals surface area (Å²) in [5.74, 6) is -1.24. The minimum atomic E-state index is -4.51. The first-order valence-corrected chi connectivity index (χ1v) is 8.38. The average molecular weight is 375 g/mol. The molecule has 0 aromatic carbocycles. The molecule has 27 heavy (non-hydrogen) atoms. The van der Waals surface area contributed by atoms with E-state index in [1.807, 2.05) is 11.0 Å². The van der Waals surface area contributed by atoms with Crippen molar-refractivity contribution in [3.8, 4) is 6.07 Å². The third-order valence-electron chi connectivity index (χ3n) is 4.56. The molecule has 1 unspecified atom stereocenters. The quantitative estimate of drug-likeness (QED) is 0.817. The van der Waals surface area contributed by atoms with Gasteiger partial charge in [0.25, 0.3) is 0 Å². The second-order valence-electron chi connectivity index (χ2n) is 6.24. The second-order valence-corrected chi connectivity index (χ2v) is 6.24. The fourth-order valence-electron chi connectivity index (χ4n) is 3.07. The van der Waals surface area contributed by atoms with E-state index in [4.69, 9.17) is 0 Å². The summed E-state index contributed by atoms with van der Waals surface area (Å²) in [5.41, 5.74) is -0.865. The van der Waals surface area contributed by atoms with Crippen molar-refractivity contribution in [2.75, 3.05) is 18.0 Å². The number of rotatable bonds is 4. The van der Waals surface area contributed by atoms with Gasteiger partial charge in [0.05, 0.1) is 17.3 Å². The Kier molecular flexibility index (Phi) is 5.35. The first kappa shape index (κ1) is 18.8. The van der Waals surface area contributed by atoms with Crippen LogP contribution in [0.4, 0.5) is 19.1 Å². The molecule has 1 aliphatic heterocycles. The Morgan fingerprint density at radius 3 is 2.37 bits per heavy atom. The van der Waals surface area contributed by atoms with Crippen LogP contribution in [0.25, 0.3) is 0 Å². The summed E-state index contributed by atoms with van der Waals surface area (Å²) in [5, 5.41) is 9.38. The lowest BCUT2D eigenvalue weighted by Gasteiger charge is -2.31. The lowest BCUT2D eigenvalue weighted by Crippen LogP contribution is -2.38. The molecular weight excluding hydrogens is 359 g/mol. The summed E-state index contributed by atoms with van der Waals surface area (Å²) in [7, 11) is 0. The molecule has 1 fully saturated rings. The van der Waals surface area contributed by atoms with Crippen molar-refractivity contribution in [3.05, 3.63) is 48.0 Å². The van der Waals surface area contributed by atoms with Gasteiger partial charge in [-0.05, 0) is 31.0 Å². The van der Waals surface area contributed by atoms with Gasteiger partial charge in [-0.15, -0.1) is 0 Å². The maximum absolute atomic E-state index is 12.7. The third-order valence-corrected chi connectivity index (χ3v) is 4.56. The molecule has 0 saturated carbocycles. The molecule has 3 heterocycles. The largest absolute Gasteiger partial charge is 0.417 e. The molecule has 0 bridgehead atoms. The Morgan fingerprint density at radius 1 is 1.19 bits per heavy atom. The van der Waals surface area contributed by atoms with Crippen molar-refractivity contribution in [2.24, 2.45) is 5.92 Å². The number of ketones is 1. The number of pyridine rings is 1. The lowest BCUT2D eigenvalue weighted by molar-refractivity contribution is -0.137. The SMILES string of the molecule is N#CC(C(=O)C1CCN(c2ncccn2)CC1)c1ccc(C(F)(F)F)cn1. The molecule has 2 aromatic rings. The summed E-state index contributed by atoms with van der Waals surface area (Å²) >= 11 is 0. The minimum absolute atomic E-state index is 0.0457. The van der Waals surface area contributed by atoms with E-state index < -0.39 is 17.7 Å². The molecule has 3 rings (SSSR count). The van der Waals surface area contributed by atoms with Crippen LogP contribution in [-0.4, -0.2) is 33.8 Å². The van der Waals surface area contributed by atoms with Crippen molar-refractivity contribution in [3.63, 3.8) is 0 Å². The Hall–Kier alpha value is -3.02. The third kappa shape index (κ3) is 4.22. The number of halogens is 3. The highest BCUT2D eigenvalue weighted by Gasteiger charge is 2.34. The monoisotopic (exact) mass is 375 g/mol. The number of hydrogen-bond acceptors (Lipinski definition) is 6. The van der Waals surface area contributed by atoms with Gasteiger partial charge in [-0.2, -0.15) is 18.4 Å². The van der Waals surface area contributed by atoms with Crippen LogP contribution in [0.3, 0.4) is 0 Å². The van der Waals surface area contributed by atoms with E-state index in [9.17, 15) is 23.2 Å². The molecule has 0 radical (unpaired) electrons. The van der Waals surface area contributed by atoms with Gasteiger partial charge >= 0.3 is 6.18 Å². The molecule has 0 aliphatic carbocycles. The zero-order valence-electron chi connectivity index (χ0n) is 14.2. The molecule has 2 aromatic heterocycles. The van der Waals surface area contributed by atoms with Crippen molar-refractivity contribution in [1.82, 2.24) is 15.0 Å². The van der Waals surface area contributed by atoms with E-state index >= 15 is 0 Å². The van der Waals surface area contributed by atoms with Gasteiger partial charge in [0.1, 0.15) is 5.92 Å². The van der Waals surface area contributed by atoms with Crippen molar-refractivity contribution in [2.45, 2.75) is 24.9 Å². The predicted octanol–water partition coefficient (Wildman–Crippen LogP) is 2.98. The van der Waals surface area contributed by atoms with Crippen molar-refractivity contribution in [1.29, 1.82) is 5.26 Å². The number of piperidine rings is 1. The van der Waals surface area contributed by atoms with E-state index in [0.29, 0.717) is 38.1 Å². The smallest absolute Gasteiger partial charge is 0.341 e. The minimum Gasteiger partial charge on any atom is -0.341 e. The molecule has 0 N–H and O–H groups in total. The lowest BCUT2D eigenvalue weighted by atomic mass is 9.84. The average Bonchev–Trinajstić information content (AvgIpc) is 2.69. The topological polar surface area (TPSA) is 82.8 Å². The van der Waals surface area contributed by atoms with Crippen LogP contribution in [0.1, 0.15) is 30.0 Å². The molecular formula is C18H16F3N5O. The van der Waals surface area contributed by atoms with Gasteiger partial charge in [0.15, 0.2) is 5.78 Å². The number of nitriles is 1. The van der Waals surface area contributed by atoms with Crippen LogP contribution in [0, 0.1) is 17.2 Å². The second kappa shape index (κ2) is 7.70. The molecule has 9 heteroatoms. The van der Waals surface area contributed by atoms with Crippen LogP contribution in [0.15, 0.2) is 36.8 Å². The summed E-state index contributed by atoms with van der Waals surface area (Å²) in [6.45, 7) is 1.14. The summed E-state index contributed by atoms with van der Waals surface area (Å²) in [6.07, 6.45) is 0.473. The van der Waals surface area contributed by atoms with Gasteiger partial charge in [-0.1, -0.05) is 0 Å². The van der Waals surface area contributed by atoms with Crippen LogP contribution < -0.4 is 4.90 Å². The zero-order chi connectivity index (χ0) is 19.4. The highest BCUT2D eigenvalue weighted by atomic mass is 19.4. The first-order valence-electron chi connectivity index (χ1n) is 8.38. The normalized spacial score (nSPS) is 16.6. The van der Waals surface area contributed by atoms with Crippen LogP contribution in [0.2, 0.25) is 0 Å². The zero-order valence-corrected chi connectivity index (χ0v) is 14.2. The molecule has 1 atom stereocenters. The molecule has 1 aliphatic rings. The molecule has 6 nitrogen and oxygen atoms in total. The number of hydrogen-bond donors (Lipinski definition) is 0. The van der Waals surface area contributed by atoms with E-state index in [2.05, 4.69) is 15.0 Å². The summed E-state index contributed by atoms with van der Waals surface area (Å²) in [6, 6.07) is 5.54. The number of nitrogens with zero attached hydrogens (tertiary/aromatic N) is 5. The summed E-state index contributed by atoms with van der Waals surface area (Å²) in [4.78, 5) is 26.7. The number of carbonyl (C=O) groups is 1. The maximum atomic E-state index is 12.7. The van der Waals surface area contributed by atoms with Crippen molar-refractivity contribution >= 4 is 11.7 Å². The Balaban J connectivity index is 1.67. The number of aromatic nitrogens is 3. The fraction of sp³-hybridized carbons (Fsp3) is 0.389. The highest BCUT2D eigenvalue weighted by Crippen LogP contribution is 2.31. The fourth-order valence-corrected chi connectivity index (χ4v) is 3.07. The van der Waals surface area contributed by atoms with Crippen LogP contribution in [0.5, 0.6) is 0 Å². The van der Waals surface area contributed by atoms with E-state index in [1.54, 1.807) is 18.5 Å². The molecule has 0 amide bonds. The van der Waals surface area contributed by atoms with Crippen LogP contribution in [-0.2, 0) is 11.0 Å². The van der Waals surface area contributed by atoms with Gasteiger partial charge in [0, 0.05) is 37.6 Å². The van der Waals surface area contributed by atoms with Crippen LogP contribution >= 0.6 is 0 Å².